The molecule has 2 aromatic carbocycles. The molecule has 4 rings (SSSR count). The summed E-state index contributed by atoms with van der Waals surface area (Å²) in [5.74, 6) is 0.255. The maximum absolute atomic E-state index is 12.4. The number of rotatable bonds is 5. The molecular weight excluding hydrogens is 374 g/mol. The predicted molar refractivity (Wildman–Crippen MR) is 106 cm³/mol. The molecule has 0 bridgehead atoms. The van der Waals surface area contributed by atoms with E-state index < -0.39 is 18.0 Å². The van der Waals surface area contributed by atoms with Crippen molar-refractivity contribution < 1.29 is 28.2 Å². The van der Waals surface area contributed by atoms with Gasteiger partial charge in [0.15, 0.2) is 17.6 Å². The molecule has 0 spiro atoms. The van der Waals surface area contributed by atoms with Crippen molar-refractivity contribution in [1.82, 2.24) is 0 Å². The van der Waals surface area contributed by atoms with Gasteiger partial charge in [-0.05, 0) is 44.0 Å². The van der Waals surface area contributed by atoms with Crippen molar-refractivity contribution in [3.8, 4) is 11.5 Å². The molecule has 1 atom stereocenters. The molecule has 0 aliphatic carbocycles. The van der Waals surface area contributed by atoms with Gasteiger partial charge >= 0.3 is 5.97 Å². The molecule has 7 nitrogen and oxygen atoms in total. The Morgan fingerprint density at radius 2 is 1.93 bits per heavy atom. The third-order valence-electron chi connectivity index (χ3n) is 4.99. The minimum atomic E-state index is -0.949. The Morgan fingerprint density at radius 1 is 1.14 bits per heavy atom. The molecule has 1 aliphatic heterocycles. The molecule has 1 N–H and O–H groups in total. The number of furan rings is 1. The summed E-state index contributed by atoms with van der Waals surface area (Å²) in [5, 5.41) is 3.59. The van der Waals surface area contributed by atoms with Gasteiger partial charge in [0.25, 0.3) is 5.91 Å². The molecule has 1 aromatic heterocycles. The Morgan fingerprint density at radius 3 is 2.76 bits per heavy atom. The van der Waals surface area contributed by atoms with Crippen molar-refractivity contribution in [3.63, 3.8) is 0 Å². The van der Waals surface area contributed by atoms with Crippen LogP contribution in [0.2, 0.25) is 0 Å². The van der Waals surface area contributed by atoms with Gasteiger partial charge in [-0.2, -0.15) is 0 Å². The van der Waals surface area contributed by atoms with Crippen LogP contribution in [0.3, 0.4) is 0 Å². The molecule has 0 fully saturated rings. The van der Waals surface area contributed by atoms with E-state index in [2.05, 4.69) is 5.32 Å². The summed E-state index contributed by atoms with van der Waals surface area (Å²) < 4.78 is 21.5. The lowest BCUT2D eigenvalue weighted by molar-refractivity contribution is -0.152. The normalized spacial score (nSPS) is 13.3. The number of anilines is 1. The number of benzene rings is 2. The van der Waals surface area contributed by atoms with Crippen LogP contribution in [0, 0.1) is 13.8 Å². The van der Waals surface area contributed by atoms with E-state index in [1.54, 1.807) is 24.5 Å². The van der Waals surface area contributed by atoms with E-state index in [1.165, 1.54) is 6.92 Å². The molecule has 0 saturated carbocycles. The van der Waals surface area contributed by atoms with Crippen LogP contribution in [0.1, 0.15) is 23.6 Å². The minimum Gasteiger partial charge on any atom is -0.464 e. The van der Waals surface area contributed by atoms with E-state index in [1.807, 2.05) is 26.0 Å². The molecule has 7 heteroatoms. The lowest BCUT2D eigenvalue weighted by Crippen LogP contribution is -2.30. The monoisotopic (exact) mass is 395 g/mol. The van der Waals surface area contributed by atoms with Gasteiger partial charge in [0.2, 0.25) is 6.79 Å². The second kappa shape index (κ2) is 7.50. The van der Waals surface area contributed by atoms with Crippen LogP contribution in [0.5, 0.6) is 11.5 Å². The number of aryl methyl sites for hydroxylation is 2. The van der Waals surface area contributed by atoms with Crippen molar-refractivity contribution in [1.29, 1.82) is 0 Å². The van der Waals surface area contributed by atoms with E-state index in [4.69, 9.17) is 18.6 Å². The molecule has 3 aromatic rings. The van der Waals surface area contributed by atoms with E-state index in [9.17, 15) is 9.59 Å². The van der Waals surface area contributed by atoms with Gasteiger partial charge in [-0.25, -0.2) is 0 Å². The number of esters is 1. The van der Waals surface area contributed by atoms with Gasteiger partial charge < -0.3 is 23.9 Å². The fourth-order valence-corrected chi connectivity index (χ4v) is 3.19. The Labute approximate surface area is 167 Å². The van der Waals surface area contributed by atoms with Crippen molar-refractivity contribution in [2.45, 2.75) is 33.3 Å². The lowest BCUT2D eigenvalue weighted by Gasteiger charge is -2.13. The van der Waals surface area contributed by atoms with Gasteiger partial charge in [-0.15, -0.1) is 0 Å². The fourth-order valence-electron chi connectivity index (χ4n) is 3.19. The van der Waals surface area contributed by atoms with Gasteiger partial charge in [-0.1, -0.05) is 12.1 Å². The minimum absolute atomic E-state index is 0.0249. The van der Waals surface area contributed by atoms with Gasteiger partial charge in [0, 0.05) is 22.7 Å². The Bertz CT molecular complexity index is 1100. The summed E-state index contributed by atoms with van der Waals surface area (Å²) in [6.45, 7) is 5.67. The van der Waals surface area contributed by atoms with Crippen LogP contribution in [-0.4, -0.2) is 24.8 Å². The third kappa shape index (κ3) is 3.76. The van der Waals surface area contributed by atoms with Crippen LogP contribution in [0.25, 0.3) is 11.0 Å². The first-order chi connectivity index (χ1) is 13.9. The van der Waals surface area contributed by atoms with Crippen molar-refractivity contribution >= 4 is 28.5 Å². The predicted octanol–water partition coefficient (Wildman–Crippen LogP) is 3.89. The zero-order chi connectivity index (χ0) is 20.5. The van der Waals surface area contributed by atoms with Crippen LogP contribution < -0.4 is 14.8 Å². The topological polar surface area (TPSA) is 87.0 Å². The summed E-state index contributed by atoms with van der Waals surface area (Å²) in [7, 11) is 0. The number of carbonyl (C=O) groups excluding carboxylic acids is 2. The number of fused-ring (bicyclic) bond motifs is 2. The maximum Gasteiger partial charge on any atom is 0.311 e. The Kier molecular flexibility index (Phi) is 4.88. The smallest absolute Gasteiger partial charge is 0.311 e. The first-order valence-corrected chi connectivity index (χ1v) is 9.28. The highest BCUT2D eigenvalue weighted by Gasteiger charge is 2.21. The SMILES string of the molecule is Cc1ccc2c(CC(=O)O[C@H](C)C(=O)Nc3ccc4c(c3)OCO4)coc2c1C. The summed E-state index contributed by atoms with van der Waals surface area (Å²) in [4.78, 5) is 24.7. The molecule has 2 heterocycles. The largest absolute Gasteiger partial charge is 0.464 e. The molecular formula is C22H21NO6. The second-order valence-corrected chi connectivity index (χ2v) is 7.01. The molecule has 29 heavy (non-hydrogen) atoms. The number of hydrogen-bond acceptors (Lipinski definition) is 6. The Balaban J connectivity index is 1.38. The molecule has 1 aliphatic rings. The second-order valence-electron chi connectivity index (χ2n) is 7.01. The van der Waals surface area contributed by atoms with Crippen LogP contribution >= 0.6 is 0 Å². The van der Waals surface area contributed by atoms with Crippen LogP contribution in [0.15, 0.2) is 41.0 Å². The number of nitrogens with one attached hydrogen (secondary N) is 1. The quantitative estimate of drug-likeness (QED) is 0.660. The average molecular weight is 395 g/mol. The summed E-state index contributed by atoms with van der Waals surface area (Å²) in [5.41, 5.74) is 4.19. The molecule has 0 saturated heterocycles. The third-order valence-corrected chi connectivity index (χ3v) is 4.99. The van der Waals surface area contributed by atoms with Gasteiger partial charge in [0.1, 0.15) is 5.58 Å². The van der Waals surface area contributed by atoms with E-state index in [0.29, 0.717) is 17.2 Å². The number of amides is 1. The number of hydrogen-bond donors (Lipinski definition) is 1. The molecule has 0 radical (unpaired) electrons. The van der Waals surface area contributed by atoms with Crippen LogP contribution in [-0.2, 0) is 20.7 Å². The van der Waals surface area contributed by atoms with Crippen LogP contribution in [0.4, 0.5) is 5.69 Å². The first kappa shape index (κ1) is 18.9. The Hall–Kier alpha value is -3.48. The molecule has 0 unspecified atom stereocenters. The fraction of sp³-hybridized carbons (Fsp3) is 0.273. The average Bonchev–Trinajstić information content (AvgIpc) is 3.31. The summed E-state index contributed by atoms with van der Waals surface area (Å²) in [6.07, 6.45) is 0.641. The van der Waals surface area contributed by atoms with Gasteiger partial charge in [0.05, 0.1) is 12.7 Å². The van der Waals surface area contributed by atoms with E-state index in [-0.39, 0.29) is 13.2 Å². The highest BCUT2D eigenvalue weighted by atomic mass is 16.7. The molecule has 150 valence electrons. The van der Waals surface area contributed by atoms with Crippen molar-refractivity contribution in [2.24, 2.45) is 0 Å². The summed E-state index contributed by atoms with van der Waals surface area (Å²) in [6, 6.07) is 8.99. The zero-order valence-corrected chi connectivity index (χ0v) is 16.4. The maximum atomic E-state index is 12.4. The van der Waals surface area contributed by atoms with E-state index in [0.717, 1.165) is 27.7 Å². The number of ether oxygens (including phenoxy) is 3. The van der Waals surface area contributed by atoms with Crippen molar-refractivity contribution in [2.75, 3.05) is 12.1 Å². The lowest BCUT2D eigenvalue weighted by atomic mass is 10.0. The highest BCUT2D eigenvalue weighted by Crippen LogP contribution is 2.34. The van der Waals surface area contributed by atoms with E-state index >= 15 is 0 Å². The van der Waals surface area contributed by atoms with Gasteiger partial charge in [-0.3, -0.25) is 9.59 Å². The first-order valence-electron chi connectivity index (χ1n) is 9.28. The zero-order valence-electron chi connectivity index (χ0n) is 16.4. The van der Waals surface area contributed by atoms with Crippen molar-refractivity contribution in [3.05, 3.63) is 53.3 Å². The highest BCUT2D eigenvalue weighted by molar-refractivity contribution is 5.96. The standard InChI is InChI=1S/C22H21NO6/c1-12-4-6-17-15(10-26-21(17)13(12)2)8-20(24)29-14(3)22(25)23-16-5-7-18-19(9-16)28-11-27-18/h4-7,9-10,14H,8,11H2,1-3H3,(H,23,25)/t14-/m1/s1. The summed E-state index contributed by atoms with van der Waals surface area (Å²) >= 11 is 0. The molecule has 1 amide bonds. The number of carbonyl (C=O) groups is 2.